The Hall–Kier alpha value is -1.75. The summed E-state index contributed by atoms with van der Waals surface area (Å²) in [6.45, 7) is 3.96. The highest BCUT2D eigenvalue weighted by molar-refractivity contribution is 6.32. The maximum atomic E-state index is 12.1. The van der Waals surface area contributed by atoms with Gasteiger partial charge in [0.2, 0.25) is 5.91 Å². The number of benzene rings is 1. The number of rotatable bonds is 7. The fraction of sp³-hybridized carbons (Fsp3) is 0.500. The molecule has 0 saturated carbocycles. The number of carbonyl (C=O) groups excluding carboxylic acids is 2. The summed E-state index contributed by atoms with van der Waals surface area (Å²) in [6.07, 6.45) is 0.664. The van der Waals surface area contributed by atoms with E-state index in [1.807, 2.05) is 13.8 Å². The van der Waals surface area contributed by atoms with Crippen molar-refractivity contribution < 1.29 is 19.1 Å². The van der Waals surface area contributed by atoms with Crippen molar-refractivity contribution in [2.75, 3.05) is 14.2 Å². The maximum absolute atomic E-state index is 12.1. The summed E-state index contributed by atoms with van der Waals surface area (Å²) in [6, 6.07) is 4.51. The van der Waals surface area contributed by atoms with Gasteiger partial charge in [-0.1, -0.05) is 31.5 Å². The van der Waals surface area contributed by atoms with E-state index in [4.69, 9.17) is 21.1 Å². The van der Waals surface area contributed by atoms with E-state index in [1.165, 1.54) is 14.2 Å². The standard InChI is InChI=1S/C16H22ClNO4/c1-10(2)7-13(16(20)22-4)18-15(19)9-11-5-6-14(21-3)12(17)8-11/h5-6,8,10,13H,7,9H2,1-4H3,(H,18,19)/t13-/m0/s1. The van der Waals surface area contributed by atoms with Crippen LogP contribution in [-0.4, -0.2) is 32.1 Å². The third-order valence-electron chi connectivity index (χ3n) is 3.11. The van der Waals surface area contributed by atoms with Crippen LogP contribution >= 0.6 is 11.6 Å². The van der Waals surface area contributed by atoms with Gasteiger partial charge in [-0.2, -0.15) is 0 Å². The highest BCUT2D eigenvalue weighted by Gasteiger charge is 2.22. The monoisotopic (exact) mass is 327 g/mol. The number of hydrogen-bond acceptors (Lipinski definition) is 4. The number of esters is 1. The molecule has 0 saturated heterocycles. The van der Waals surface area contributed by atoms with E-state index in [1.54, 1.807) is 18.2 Å². The molecule has 0 unspecified atom stereocenters. The summed E-state index contributed by atoms with van der Waals surface area (Å²) in [5.41, 5.74) is 0.747. The molecular weight excluding hydrogens is 306 g/mol. The van der Waals surface area contributed by atoms with Crippen molar-refractivity contribution in [1.82, 2.24) is 5.32 Å². The summed E-state index contributed by atoms with van der Waals surface area (Å²) in [4.78, 5) is 23.8. The zero-order valence-electron chi connectivity index (χ0n) is 13.3. The van der Waals surface area contributed by atoms with Crippen LogP contribution in [0.4, 0.5) is 0 Å². The third kappa shape index (κ3) is 5.56. The molecule has 1 aromatic rings. The van der Waals surface area contributed by atoms with Crippen LogP contribution < -0.4 is 10.1 Å². The number of hydrogen-bond donors (Lipinski definition) is 1. The summed E-state index contributed by atoms with van der Waals surface area (Å²) in [7, 11) is 2.84. The molecule has 0 spiro atoms. The lowest BCUT2D eigenvalue weighted by Gasteiger charge is -2.18. The number of carbonyl (C=O) groups is 2. The summed E-state index contributed by atoms with van der Waals surface area (Å²) < 4.78 is 9.79. The van der Waals surface area contributed by atoms with Crippen LogP contribution in [0.25, 0.3) is 0 Å². The van der Waals surface area contributed by atoms with E-state index in [2.05, 4.69) is 5.32 Å². The summed E-state index contributed by atoms with van der Waals surface area (Å²) in [5, 5.41) is 3.15. The Morgan fingerprint density at radius 1 is 1.27 bits per heavy atom. The van der Waals surface area contributed by atoms with Crippen molar-refractivity contribution in [2.45, 2.75) is 32.7 Å². The van der Waals surface area contributed by atoms with Crippen LogP contribution in [-0.2, 0) is 20.7 Å². The molecule has 6 heteroatoms. The lowest BCUT2D eigenvalue weighted by molar-refractivity contribution is -0.145. The van der Waals surface area contributed by atoms with Gasteiger partial charge in [0, 0.05) is 0 Å². The minimum absolute atomic E-state index is 0.134. The summed E-state index contributed by atoms with van der Waals surface area (Å²) >= 11 is 6.03. The van der Waals surface area contributed by atoms with E-state index < -0.39 is 12.0 Å². The van der Waals surface area contributed by atoms with Gasteiger partial charge in [0.25, 0.3) is 0 Å². The van der Waals surface area contributed by atoms with Crippen LogP contribution in [0.3, 0.4) is 0 Å². The van der Waals surface area contributed by atoms with Crippen molar-refractivity contribution in [1.29, 1.82) is 0 Å². The Bertz CT molecular complexity index is 531. The van der Waals surface area contributed by atoms with Crippen molar-refractivity contribution in [3.63, 3.8) is 0 Å². The molecule has 0 fully saturated rings. The van der Waals surface area contributed by atoms with Crippen LogP contribution in [0, 0.1) is 5.92 Å². The first kappa shape index (κ1) is 18.3. The van der Waals surface area contributed by atoms with Crippen LogP contribution in [0.15, 0.2) is 18.2 Å². The number of halogens is 1. The van der Waals surface area contributed by atoms with Crippen molar-refractivity contribution in [3.8, 4) is 5.75 Å². The number of ether oxygens (including phenoxy) is 2. The first-order valence-electron chi connectivity index (χ1n) is 7.07. The third-order valence-corrected chi connectivity index (χ3v) is 3.40. The second-order valence-corrected chi connectivity index (χ2v) is 5.83. The molecule has 1 atom stereocenters. The number of amides is 1. The zero-order valence-corrected chi connectivity index (χ0v) is 14.1. The minimum Gasteiger partial charge on any atom is -0.495 e. The molecule has 0 bridgehead atoms. The van der Waals surface area contributed by atoms with E-state index in [0.29, 0.717) is 17.2 Å². The molecule has 5 nitrogen and oxygen atoms in total. The Balaban J connectivity index is 2.70. The first-order valence-corrected chi connectivity index (χ1v) is 7.44. The minimum atomic E-state index is -0.633. The quantitative estimate of drug-likeness (QED) is 0.782. The van der Waals surface area contributed by atoms with Gasteiger partial charge in [0.1, 0.15) is 11.8 Å². The van der Waals surface area contributed by atoms with Crippen molar-refractivity contribution in [2.24, 2.45) is 5.92 Å². The molecule has 0 aliphatic heterocycles. The Kier molecular flexibility index (Phi) is 7.18. The molecule has 0 aromatic heterocycles. The largest absolute Gasteiger partial charge is 0.495 e. The molecule has 0 aliphatic rings. The van der Waals surface area contributed by atoms with E-state index in [0.717, 1.165) is 5.56 Å². The average molecular weight is 328 g/mol. The van der Waals surface area contributed by atoms with Gasteiger partial charge in [-0.15, -0.1) is 0 Å². The fourth-order valence-electron chi connectivity index (χ4n) is 2.08. The lowest BCUT2D eigenvalue weighted by Crippen LogP contribution is -2.43. The normalized spacial score (nSPS) is 11.9. The smallest absolute Gasteiger partial charge is 0.328 e. The molecule has 0 heterocycles. The SMILES string of the molecule is COC(=O)[C@H](CC(C)C)NC(=O)Cc1ccc(OC)c(Cl)c1. The molecular formula is C16H22ClNO4. The molecule has 22 heavy (non-hydrogen) atoms. The average Bonchev–Trinajstić information content (AvgIpc) is 2.45. The van der Waals surface area contributed by atoms with Crippen molar-refractivity contribution >= 4 is 23.5 Å². The second-order valence-electron chi connectivity index (χ2n) is 5.42. The molecule has 0 radical (unpaired) electrons. The number of methoxy groups -OCH3 is 2. The zero-order chi connectivity index (χ0) is 16.7. The summed E-state index contributed by atoms with van der Waals surface area (Å²) in [5.74, 6) is 0.130. The molecule has 1 N–H and O–H groups in total. The number of nitrogens with one attached hydrogen (secondary N) is 1. The first-order chi connectivity index (χ1) is 10.4. The van der Waals surface area contributed by atoms with Crippen molar-refractivity contribution in [3.05, 3.63) is 28.8 Å². The van der Waals surface area contributed by atoms with Gasteiger partial charge < -0.3 is 14.8 Å². The Morgan fingerprint density at radius 3 is 2.45 bits per heavy atom. The predicted molar refractivity (Wildman–Crippen MR) is 85.1 cm³/mol. The van der Waals surface area contributed by atoms with Gasteiger partial charge in [0.05, 0.1) is 25.7 Å². The Labute approximate surface area is 135 Å². The van der Waals surface area contributed by atoms with Gasteiger partial charge in [-0.25, -0.2) is 4.79 Å². The van der Waals surface area contributed by atoms with Crippen LogP contribution in [0.1, 0.15) is 25.8 Å². The van der Waals surface area contributed by atoms with Gasteiger partial charge in [0.15, 0.2) is 0 Å². The van der Waals surface area contributed by atoms with Gasteiger partial charge in [-0.05, 0) is 30.0 Å². The fourth-order valence-corrected chi connectivity index (χ4v) is 2.36. The topological polar surface area (TPSA) is 64.6 Å². The predicted octanol–water partition coefficient (Wildman–Crippen LogP) is 2.60. The van der Waals surface area contributed by atoms with Gasteiger partial charge in [-0.3, -0.25) is 4.79 Å². The van der Waals surface area contributed by atoms with Crippen LogP contribution in [0.2, 0.25) is 5.02 Å². The van der Waals surface area contributed by atoms with Gasteiger partial charge >= 0.3 is 5.97 Å². The van der Waals surface area contributed by atoms with E-state index in [9.17, 15) is 9.59 Å². The highest BCUT2D eigenvalue weighted by atomic mass is 35.5. The van der Waals surface area contributed by atoms with E-state index >= 15 is 0 Å². The van der Waals surface area contributed by atoms with Crippen LogP contribution in [0.5, 0.6) is 5.75 Å². The van der Waals surface area contributed by atoms with E-state index in [-0.39, 0.29) is 18.2 Å². The molecule has 0 aliphatic carbocycles. The molecule has 1 amide bonds. The molecule has 1 aromatic carbocycles. The molecule has 1 rings (SSSR count). The highest BCUT2D eigenvalue weighted by Crippen LogP contribution is 2.25. The lowest BCUT2D eigenvalue weighted by atomic mass is 10.0. The second kappa shape index (κ2) is 8.63. The Morgan fingerprint density at radius 2 is 1.95 bits per heavy atom. The maximum Gasteiger partial charge on any atom is 0.328 e. The molecule has 122 valence electrons.